The van der Waals surface area contributed by atoms with Crippen molar-refractivity contribution in [3.05, 3.63) is 72.3 Å². The molecule has 3 aromatic rings. The minimum Gasteiger partial charge on any atom is -0.325 e. The zero-order chi connectivity index (χ0) is 18.4. The van der Waals surface area contributed by atoms with Crippen LogP contribution in [-0.4, -0.2) is 21.6 Å². The van der Waals surface area contributed by atoms with Gasteiger partial charge in [-0.1, -0.05) is 47.8 Å². The largest absolute Gasteiger partial charge is 0.325 e. The van der Waals surface area contributed by atoms with E-state index in [-0.39, 0.29) is 17.5 Å². The average Bonchev–Trinajstić information content (AvgIpc) is 2.66. The predicted octanol–water partition coefficient (Wildman–Crippen LogP) is 4.81. The number of hydrogen-bond donors (Lipinski definition) is 1. The van der Waals surface area contributed by atoms with Gasteiger partial charge in [-0.2, -0.15) is 0 Å². The Hall–Kier alpha value is -2.38. The van der Waals surface area contributed by atoms with E-state index in [9.17, 15) is 9.18 Å². The summed E-state index contributed by atoms with van der Waals surface area (Å²) in [6, 6.07) is 14.5. The fraction of sp³-hybridized carbons (Fsp3) is 0.105. The molecule has 0 atom stereocenters. The molecule has 7 heteroatoms. The van der Waals surface area contributed by atoms with E-state index in [2.05, 4.69) is 15.3 Å². The highest BCUT2D eigenvalue weighted by Crippen LogP contribution is 2.32. The Morgan fingerprint density at radius 1 is 1.04 bits per heavy atom. The first-order valence-electron chi connectivity index (χ1n) is 7.85. The summed E-state index contributed by atoms with van der Waals surface area (Å²) in [6.45, 7) is 1.63. The second-order valence-corrected chi connectivity index (χ2v) is 7.36. The van der Waals surface area contributed by atoms with E-state index in [1.807, 2.05) is 30.3 Å². The number of carbonyl (C=O) groups excluding carboxylic acids is 1. The molecule has 1 N–H and O–H groups in total. The van der Waals surface area contributed by atoms with Gasteiger partial charge in [0.15, 0.2) is 0 Å². The molecule has 1 aromatic heterocycles. The zero-order valence-electron chi connectivity index (χ0n) is 14.0. The fourth-order valence-electron chi connectivity index (χ4n) is 2.14. The van der Waals surface area contributed by atoms with E-state index < -0.39 is 0 Å². The molecule has 0 fully saturated rings. The third-order valence-electron chi connectivity index (χ3n) is 3.47. The van der Waals surface area contributed by atoms with Gasteiger partial charge in [-0.25, -0.2) is 14.4 Å². The Morgan fingerprint density at radius 3 is 2.54 bits per heavy atom. The normalized spacial score (nSPS) is 10.5. The Labute approximate surface area is 159 Å². The first-order chi connectivity index (χ1) is 12.6. The molecule has 26 heavy (non-hydrogen) atoms. The smallest absolute Gasteiger partial charge is 0.234 e. The van der Waals surface area contributed by atoms with Crippen molar-refractivity contribution < 1.29 is 9.18 Å². The number of nitrogens with one attached hydrogen (secondary N) is 1. The lowest BCUT2D eigenvalue weighted by Gasteiger charge is -2.09. The van der Waals surface area contributed by atoms with E-state index in [4.69, 9.17) is 0 Å². The van der Waals surface area contributed by atoms with Crippen LogP contribution < -0.4 is 5.32 Å². The van der Waals surface area contributed by atoms with Crippen LogP contribution >= 0.6 is 23.5 Å². The molecule has 0 bridgehead atoms. The number of amides is 1. The second kappa shape index (κ2) is 8.82. The Kier molecular flexibility index (Phi) is 6.25. The van der Waals surface area contributed by atoms with Gasteiger partial charge in [0.1, 0.15) is 15.9 Å². The minimum absolute atomic E-state index is 0.164. The number of benzene rings is 2. The van der Waals surface area contributed by atoms with Gasteiger partial charge in [-0.3, -0.25) is 4.79 Å². The lowest BCUT2D eigenvalue weighted by molar-refractivity contribution is -0.113. The maximum absolute atomic E-state index is 13.6. The molecule has 0 aliphatic carbocycles. The zero-order valence-corrected chi connectivity index (χ0v) is 15.6. The SMILES string of the molecule is Cc1c(F)cccc1NC(=O)CSc1nccnc1Sc1ccccc1. The van der Waals surface area contributed by atoms with Crippen LogP contribution in [0, 0.1) is 12.7 Å². The van der Waals surface area contributed by atoms with Crippen LogP contribution in [0.25, 0.3) is 0 Å². The standard InChI is InChI=1S/C19H16FN3OS2/c1-13-15(20)8-5-9-16(13)23-17(24)12-25-18-19(22-11-10-21-18)26-14-6-3-2-4-7-14/h2-11H,12H2,1H3,(H,23,24). The van der Waals surface area contributed by atoms with Crippen LogP contribution in [0.15, 0.2) is 75.9 Å². The summed E-state index contributed by atoms with van der Waals surface area (Å²) in [6.07, 6.45) is 3.23. The van der Waals surface area contributed by atoms with Gasteiger partial charge < -0.3 is 5.32 Å². The molecule has 0 unspecified atom stereocenters. The lowest BCUT2D eigenvalue weighted by Crippen LogP contribution is -2.15. The molecule has 2 aromatic carbocycles. The fourth-order valence-corrected chi connectivity index (χ4v) is 3.87. The summed E-state index contributed by atoms with van der Waals surface area (Å²) in [5, 5.41) is 4.17. The molecule has 4 nitrogen and oxygen atoms in total. The van der Waals surface area contributed by atoms with Gasteiger partial charge in [0.05, 0.1) is 5.75 Å². The molecule has 0 spiro atoms. The van der Waals surface area contributed by atoms with Crippen molar-refractivity contribution in [2.75, 3.05) is 11.1 Å². The average molecular weight is 385 g/mol. The Morgan fingerprint density at radius 2 is 1.77 bits per heavy atom. The molecule has 0 aliphatic rings. The molecular weight excluding hydrogens is 369 g/mol. The quantitative estimate of drug-likeness (QED) is 0.618. The predicted molar refractivity (Wildman–Crippen MR) is 103 cm³/mol. The molecule has 0 radical (unpaired) electrons. The van der Waals surface area contributed by atoms with Crippen molar-refractivity contribution in [2.24, 2.45) is 0 Å². The van der Waals surface area contributed by atoms with Crippen molar-refractivity contribution in [2.45, 2.75) is 21.9 Å². The molecule has 0 saturated carbocycles. The number of rotatable bonds is 6. The Balaban J connectivity index is 1.64. The van der Waals surface area contributed by atoms with E-state index in [0.29, 0.717) is 16.3 Å². The van der Waals surface area contributed by atoms with Gasteiger partial charge >= 0.3 is 0 Å². The van der Waals surface area contributed by atoms with Crippen molar-refractivity contribution in [1.29, 1.82) is 0 Å². The van der Waals surface area contributed by atoms with Gasteiger partial charge in [-0.05, 0) is 31.2 Å². The van der Waals surface area contributed by atoms with Crippen LogP contribution in [0.5, 0.6) is 0 Å². The molecule has 132 valence electrons. The van der Waals surface area contributed by atoms with E-state index in [0.717, 1.165) is 9.92 Å². The summed E-state index contributed by atoms with van der Waals surface area (Å²) >= 11 is 2.80. The van der Waals surface area contributed by atoms with E-state index >= 15 is 0 Å². The van der Waals surface area contributed by atoms with Crippen molar-refractivity contribution >= 4 is 35.1 Å². The van der Waals surface area contributed by atoms with E-state index in [1.165, 1.54) is 29.6 Å². The second-order valence-electron chi connectivity index (χ2n) is 5.33. The summed E-state index contributed by atoms with van der Waals surface area (Å²) in [4.78, 5) is 21.9. The first kappa shape index (κ1) is 18.4. The van der Waals surface area contributed by atoms with Crippen LogP contribution in [0.2, 0.25) is 0 Å². The van der Waals surface area contributed by atoms with Gasteiger partial charge in [0.25, 0.3) is 0 Å². The van der Waals surface area contributed by atoms with E-state index in [1.54, 1.807) is 31.5 Å². The van der Waals surface area contributed by atoms with Crippen LogP contribution in [0.4, 0.5) is 10.1 Å². The number of nitrogens with zero attached hydrogens (tertiary/aromatic N) is 2. The summed E-state index contributed by atoms with van der Waals surface area (Å²) in [7, 11) is 0. The number of halogens is 1. The summed E-state index contributed by atoms with van der Waals surface area (Å²) in [5.74, 6) is -0.396. The van der Waals surface area contributed by atoms with Crippen LogP contribution in [0.1, 0.15) is 5.56 Å². The summed E-state index contributed by atoms with van der Waals surface area (Å²) < 4.78 is 13.6. The Bertz CT molecular complexity index is 906. The maximum Gasteiger partial charge on any atom is 0.234 e. The maximum atomic E-state index is 13.6. The highest BCUT2D eigenvalue weighted by molar-refractivity contribution is 8.02. The van der Waals surface area contributed by atoms with Crippen molar-refractivity contribution in [3.63, 3.8) is 0 Å². The van der Waals surface area contributed by atoms with Gasteiger partial charge in [-0.15, -0.1) is 0 Å². The molecule has 3 rings (SSSR count). The number of anilines is 1. The summed E-state index contributed by atoms with van der Waals surface area (Å²) in [5.41, 5.74) is 0.902. The first-order valence-corrected chi connectivity index (χ1v) is 9.65. The monoisotopic (exact) mass is 385 g/mol. The van der Waals surface area contributed by atoms with Gasteiger partial charge in [0, 0.05) is 28.5 Å². The topological polar surface area (TPSA) is 54.9 Å². The highest BCUT2D eigenvalue weighted by atomic mass is 32.2. The molecule has 1 amide bonds. The number of carbonyl (C=O) groups is 1. The molecule has 0 aliphatic heterocycles. The minimum atomic E-state index is -0.342. The third-order valence-corrected chi connectivity index (χ3v) is 5.58. The van der Waals surface area contributed by atoms with Crippen LogP contribution in [-0.2, 0) is 4.79 Å². The molecular formula is C19H16FN3OS2. The number of thioether (sulfide) groups is 1. The molecule has 1 heterocycles. The van der Waals surface area contributed by atoms with Crippen molar-refractivity contribution in [3.8, 4) is 0 Å². The number of hydrogen-bond acceptors (Lipinski definition) is 5. The third kappa shape index (κ3) is 4.83. The lowest BCUT2D eigenvalue weighted by atomic mass is 10.2. The van der Waals surface area contributed by atoms with Gasteiger partial charge in [0.2, 0.25) is 5.91 Å². The highest BCUT2D eigenvalue weighted by Gasteiger charge is 2.12. The molecule has 0 saturated heterocycles. The number of aromatic nitrogens is 2. The van der Waals surface area contributed by atoms with Crippen molar-refractivity contribution in [1.82, 2.24) is 9.97 Å². The van der Waals surface area contributed by atoms with Crippen LogP contribution in [0.3, 0.4) is 0 Å².